The third kappa shape index (κ3) is 5.22. The molecule has 2 aromatic carbocycles. The Morgan fingerprint density at radius 1 is 1.12 bits per heavy atom. The number of rotatable bonds is 6. The summed E-state index contributed by atoms with van der Waals surface area (Å²) in [5, 5.41) is 6.45. The molecule has 0 saturated carbocycles. The van der Waals surface area contributed by atoms with Gasteiger partial charge in [-0.15, -0.1) is 23.1 Å². The van der Waals surface area contributed by atoms with Crippen molar-refractivity contribution >= 4 is 57.3 Å². The summed E-state index contributed by atoms with van der Waals surface area (Å²) >= 11 is 14.8. The molecule has 0 radical (unpaired) electrons. The van der Waals surface area contributed by atoms with E-state index < -0.39 is 0 Å². The molecule has 0 fully saturated rings. The van der Waals surface area contributed by atoms with Crippen LogP contribution >= 0.6 is 46.3 Å². The van der Waals surface area contributed by atoms with Crippen molar-refractivity contribution in [1.82, 2.24) is 4.98 Å². The van der Waals surface area contributed by atoms with E-state index >= 15 is 0 Å². The van der Waals surface area contributed by atoms with Crippen molar-refractivity contribution < 1.29 is 4.79 Å². The molecule has 0 unspecified atom stereocenters. The summed E-state index contributed by atoms with van der Waals surface area (Å²) < 4.78 is 0. The molecule has 3 aromatic rings. The molecule has 0 aliphatic rings. The van der Waals surface area contributed by atoms with E-state index in [-0.39, 0.29) is 5.91 Å². The number of amides is 1. The van der Waals surface area contributed by atoms with Gasteiger partial charge in [0.05, 0.1) is 21.5 Å². The number of hydrogen-bond acceptors (Lipinski definition) is 4. The van der Waals surface area contributed by atoms with Crippen LogP contribution in [0.25, 0.3) is 11.3 Å². The highest BCUT2D eigenvalue weighted by atomic mass is 35.5. The molecule has 3 rings (SSSR count). The second kappa shape index (κ2) is 8.72. The molecule has 128 valence electrons. The molecular weight excluding hydrogens is 395 g/mol. The van der Waals surface area contributed by atoms with Crippen molar-refractivity contribution in [2.24, 2.45) is 0 Å². The number of halogens is 2. The Balaban J connectivity index is 1.49. The molecule has 0 atom stereocenters. The summed E-state index contributed by atoms with van der Waals surface area (Å²) in [6.07, 6.45) is 0. The predicted molar refractivity (Wildman–Crippen MR) is 109 cm³/mol. The lowest BCUT2D eigenvalue weighted by Crippen LogP contribution is -2.13. The number of carbonyl (C=O) groups is 1. The van der Waals surface area contributed by atoms with E-state index in [2.05, 4.69) is 10.3 Å². The standard InChI is InChI=1S/C18H14Cl2N2OS2/c19-14-7-6-12(8-15(14)20)9-24-11-17(23)22-18-21-16(10-25-18)13-4-2-1-3-5-13/h1-8,10H,9,11H2,(H,21,22,23). The SMILES string of the molecule is O=C(CSCc1ccc(Cl)c(Cl)c1)Nc1nc(-c2ccccc2)cs1. The molecule has 0 bridgehead atoms. The minimum absolute atomic E-state index is 0.0703. The molecule has 0 aliphatic carbocycles. The number of nitrogens with one attached hydrogen (secondary N) is 1. The number of aromatic nitrogens is 1. The monoisotopic (exact) mass is 408 g/mol. The highest BCUT2D eigenvalue weighted by Crippen LogP contribution is 2.26. The Bertz CT molecular complexity index is 869. The first-order chi connectivity index (χ1) is 12.1. The molecular formula is C18H14Cl2N2OS2. The van der Waals surface area contributed by atoms with Crippen LogP contribution in [0.15, 0.2) is 53.9 Å². The molecule has 1 amide bonds. The van der Waals surface area contributed by atoms with Crippen LogP contribution < -0.4 is 5.32 Å². The van der Waals surface area contributed by atoms with Crippen molar-refractivity contribution in [3.05, 3.63) is 69.5 Å². The van der Waals surface area contributed by atoms with Crippen LogP contribution in [0.4, 0.5) is 5.13 Å². The van der Waals surface area contributed by atoms with Crippen molar-refractivity contribution in [3.8, 4) is 11.3 Å². The fourth-order valence-electron chi connectivity index (χ4n) is 2.12. The molecule has 0 saturated heterocycles. The molecule has 1 heterocycles. The molecule has 0 spiro atoms. The molecule has 3 nitrogen and oxygen atoms in total. The zero-order valence-electron chi connectivity index (χ0n) is 13.0. The summed E-state index contributed by atoms with van der Waals surface area (Å²) in [6, 6.07) is 15.4. The van der Waals surface area contributed by atoms with Gasteiger partial charge in [0.25, 0.3) is 0 Å². The van der Waals surface area contributed by atoms with Crippen LogP contribution in [-0.2, 0) is 10.5 Å². The Morgan fingerprint density at radius 2 is 1.92 bits per heavy atom. The third-order valence-electron chi connectivity index (χ3n) is 3.31. The zero-order chi connectivity index (χ0) is 17.6. The first-order valence-electron chi connectivity index (χ1n) is 7.44. The zero-order valence-corrected chi connectivity index (χ0v) is 16.2. The van der Waals surface area contributed by atoms with E-state index in [4.69, 9.17) is 23.2 Å². The summed E-state index contributed by atoms with van der Waals surface area (Å²) in [6.45, 7) is 0. The fourth-order valence-corrected chi connectivity index (χ4v) is 3.95. The van der Waals surface area contributed by atoms with Crippen molar-refractivity contribution in [3.63, 3.8) is 0 Å². The van der Waals surface area contributed by atoms with Gasteiger partial charge in [-0.2, -0.15) is 0 Å². The van der Waals surface area contributed by atoms with Gasteiger partial charge in [-0.3, -0.25) is 4.79 Å². The van der Waals surface area contributed by atoms with Crippen LogP contribution in [0.3, 0.4) is 0 Å². The number of anilines is 1. The highest BCUT2D eigenvalue weighted by molar-refractivity contribution is 7.99. The molecule has 1 aromatic heterocycles. The number of hydrogen-bond donors (Lipinski definition) is 1. The van der Waals surface area contributed by atoms with E-state index in [0.717, 1.165) is 16.8 Å². The highest BCUT2D eigenvalue weighted by Gasteiger charge is 2.08. The van der Waals surface area contributed by atoms with E-state index in [1.807, 2.05) is 47.8 Å². The molecule has 0 aliphatic heterocycles. The number of thiazole rings is 1. The van der Waals surface area contributed by atoms with E-state index in [1.165, 1.54) is 23.1 Å². The summed E-state index contributed by atoms with van der Waals surface area (Å²) in [5.74, 6) is 0.969. The van der Waals surface area contributed by atoms with Gasteiger partial charge in [0.1, 0.15) is 0 Å². The van der Waals surface area contributed by atoms with Gasteiger partial charge in [0, 0.05) is 16.7 Å². The summed E-state index contributed by atoms with van der Waals surface area (Å²) in [4.78, 5) is 16.5. The van der Waals surface area contributed by atoms with Crippen LogP contribution in [0, 0.1) is 0 Å². The normalized spacial score (nSPS) is 10.6. The maximum atomic E-state index is 12.1. The molecule has 1 N–H and O–H groups in total. The Hall–Kier alpha value is -1.53. The van der Waals surface area contributed by atoms with Gasteiger partial charge in [0.15, 0.2) is 5.13 Å². The summed E-state index contributed by atoms with van der Waals surface area (Å²) in [5.41, 5.74) is 2.94. The van der Waals surface area contributed by atoms with Crippen LogP contribution in [-0.4, -0.2) is 16.6 Å². The smallest absolute Gasteiger partial charge is 0.236 e. The van der Waals surface area contributed by atoms with Gasteiger partial charge in [-0.1, -0.05) is 59.6 Å². The quantitative estimate of drug-likeness (QED) is 0.544. The second-order valence-electron chi connectivity index (χ2n) is 5.19. The first kappa shape index (κ1) is 18.3. The largest absolute Gasteiger partial charge is 0.301 e. The topological polar surface area (TPSA) is 42.0 Å². The maximum Gasteiger partial charge on any atom is 0.236 e. The first-order valence-corrected chi connectivity index (χ1v) is 10.2. The second-order valence-corrected chi connectivity index (χ2v) is 7.85. The van der Waals surface area contributed by atoms with E-state index in [1.54, 1.807) is 6.07 Å². The Morgan fingerprint density at radius 3 is 2.68 bits per heavy atom. The van der Waals surface area contributed by atoms with Crippen molar-refractivity contribution in [2.75, 3.05) is 11.1 Å². The van der Waals surface area contributed by atoms with Gasteiger partial charge < -0.3 is 5.32 Å². The number of nitrogens with zero attached hydrogens (tertiary/aromatic N) is 1. The Labute approximate surface area is 164 Å². The maximum absolute atomic E-state index is 12.1. The van der Waals surface area contributed by atoms with Gasteiger partial charge in [0.2, 0.25) is 5.91 Å². The Kier molecular flexibility index (Phi) is 6.37. The third-order valence-corrected chi connectivity index (χ3v) is 5.81. The average Bonchev–Trinajstić information content (AvgIpc) is 3.07. The van der Waals surface area contributed by atoms with Gasteiger partial charge in [-0.25, -0.2) is 4.98 Å². The van der Waals surface area contributed by atoms with E-state index in [9.17, 15) is 4.79 Å². The van der Waals surface area contributed by atoms with Gasteiger partial charge in [-0.05, 0) is 17.7 Å². The van der Waals surface area contributed by atoms with Gasteiger partial charge >= 0.3 is 0 Å². The van der Waals surface area contributed by atoms with Crippen LogP contribution in [0.2, 0.25) is 10.0 Å². The van der Waals surface area contributed by atoms with Crippen molar-refractivity contribution in [2.45, 2.75) is 5.75 Å². The minimum Gasteiger partial charge on any atom is -0.301 e. The number of thioether (sulfide) groups is 1. The lowest BCUT2D eigenvalue weighted by Gasteiger charge is -2.04. The number of benzene rings is 2. The van der Waals surface area contributed by atoms with Crippen molar-refractivity contribution in [1.29, 1.82) is 0 Å². The molecule has 25 heavy (non-hydrogen) atoms. The lowest BCUT2D eigenvalue weighted by atomic mass is 10.2. The van der Waals surface area contributed by atoms with Crippen LogP contribution in [0.1, 0.15) is 5.56 Å². The van der Waals surface area contributed by atoms with Crippen LogP contribution in [0.5, 0.6) is 0 Å². The minimum atomic E-state index is -0.0703. The molecule has 7 heteroatoms. The number of carbonyl (C=O) groups excluding carboxylic acids is 1. The fraction of sp³-hybridized carbons (Fsp3) is 0.111. The average molecular weight is 409 g/mol. The summed E-state index contributed by atoms with van der Waals surface area (Å²) in [7, 11) is 0. The lowest BCUT2D eigenvalue weighted by molar-refractivity contribution is -0.113. The van der Waals surface area contributed by atoms with E-state index in [0.29, 0.717) is 26.7 Å². The predicted octanol–water partition coefficient (Wildman–Crippen LogP) is 5.99.